The normalized spacial score (nSPS) is 13.3. The Kier molecular flexibility index (Phi) is 3.85. The Morgan fingerprint density at radius 3 is 2.53 bits per heavy atom. The molecule has 2 N–H and O–H groups in total. The van der Waals surface area contributed by atoms with Crippen molar-refractivity contribution in [2.45, 2.75) is 19.9 Å². The molecular weight excluding hydrogens is 192 g/mol. The van der Waals surface area contributed by atoms with Crippen molar-refractivity contribution >= 4 is 11.6 Å². The highest BCUT2D eigenvalue weighted by Gasteiger charge is 2.11. The lowest BCUT2D eigenvalue weighted by molar-refractivity contribution is 0.0948. The smallest absolute Gasteiger partial charge is 0.251 e. The number of amides is 1. The second kappa shape index (κ2) is 5.14. The van der Waals surface area contributed by atoms with Crippen LogP contribution in [0.1, 0.15) is 24.2 Å². The average Bonchev–Trinajstić information content (AvgIpc) is 2.29. The second-order valence-corrected chi connectivity index (χ2v) is 3.30. The standard InChI is InChI=1S/C11H14N2O2/c1-8(9(2)13-15)12-11(14)10-6-4-3-5-7-10/h3-8,15H,1-2H3,(H,12,14). The fraction of sp³-hybridized carbons (Fsp3) is 0.273. The van der Waals surface area contributed by atoms with Crippen LogP contribution in [0.25, 0.3) is 0 Å². The molecular formula is C11H14N2O2. The topological polar surface area (TPSA) is 61.7 Å². The number of oxime groups is 1. The molecule has 0 aliphatic heterocycles. The highest BCUT2D eigenvalue weighted by atomic mass is 16.4. The minimum absolute atomic E-state index is 0.175. The molecule has 1 atom stereocenters. The van der Waals surface area contributed by atoms with Crippen LogP contribution in [0.4, 0.5) is 0 Å². The first-order valence-electron chi connectivity index (χ1n) is 4.69. The van der Waals surface area contributed by atoms with Crippen LogP contribution in [0.5, 0.6) is 0 Å². The number of benzene rings is 1. The predicted molar refractivity (Wildman–Crippen MR) is 58.3 cm³/mol. The van der Waals surface area contributed by atoms with Gasteiger partial charge in [-0.25, -0.2) is 0 Å². The van der Waals surface area contributed by atoms with Crippen LogP contribution in [0.15, 0.2) is 35.5 Å². The van der Waals surface area contributed by atoms with Gasteiger partial charge in [0.2, 0.25) is 0 Å². The van der Waals surface area contributed by atoms with Crippen molar-refractivity contribution in [1.29, 1.82) is 0 Å². The summed E-state index contributed by atoms with van der Waals surface area (Å²) in [5, 5.41) is 14.3. The minimum atomic E-state index is -0.275. The molecule has 1 aromatic carbocycles. The Labute approximate surface area is 88.6 Å². The first kappa shape index (κ1) is 11.2. The maximum atomic E-state index is 11.6. The van der Waals surface area contributed by atoms with E-state index in [4.69, 9.17) is 5.21 Å². The summed E-state index contributed by atoms with van der Waals surface area (Å²) in [5.74, 6) is -0.175. The molecule has 4 heteroatoms. The second-order valence-electron chi connectivity index (χ2n) is 3.30. The molecule has 0 saturated heterocycles. The van der Waals surface area contributed by atoms with E-state index in [2.05, 4.69) is 10.5 Å². The monoisotopic (exact) mass is 206 g/mol. The van der Waals surface area contributed by atoms with E-state index in [1.807, 2.05) is 6.07 Å². The van der Waals surface area contributed by atoms with Gasteiger partial charge in [-0.2, -0.15) is 0 Å². The van der Waals surface area contributed by atoms with Crippen LogP contribution in [-0.2, 0) is 0 Å². The molecule has 0 spiro atoms. The average molecular weight is 206 g/mol. The molecule has 80 valence electrons. The van der Waals surface area contributed by atoms with Crippen molar-refractivity contribution in [1.82, 2.24) is 5.32 Å². The van der Waals surface area contributed by atoms with E-state index in [0.717, 1.165) is 0 Å². The van der Waals surface area contributed by atoms with E-state index in [1.165, 1.54) is 0 Å². The van der Waals surface area contributed by atoms with Crippen molar-refractivity contribution in [3.05, 3.63) is 35.9 Å². The third kappa shape index (κ3) is 3.09. The molecule has 0 heterocycles. The fourth-order valence-corrected chi connectivity index (χ4v) is 1.06. The zero-order chi connectivity index (χ0) is 11.3. The third-order valence-electron chi connectivity index (χ3n) is 2.17. The lowest BCUT2D eigenvalue weighted by Gasteiger charge is -2.12. The van der Waals surface area contributed by atoms with Crippen LogP contribution in [0, 0.1) is 0 Å². The lowest BCUT2D eigenvalue weighted by Crippen LogP contribution is -2.37. The largest absolute Gasteiger partial charge is 0.411 e. The van der Waals surface area contributed by atoms with Crippen LogP contribution >= 0.6 is 0 Å². The van der Waals surface area contributed by atoms with Gasteiger partial charge in [-0.05, 0) is 26.0 Å². The number of carbonyl (C=O) groups excluding carboxylic acids is 1. The summed E-state index contributed by atoms with van der Waals surface area (Å²) in [7, 11) is 0. The first-order valence-corrected chi connectivity index (χ1v) is 4.69. The number of hydrogen-bond donors (Lipinski definition) is 2. The van der Waals surface area contributed by atoms with Crippen molar-refractivity contribution in [3.8, 4) is 0 Å². The SMILES string of the molecule is CC(=NO)C(C)NC(=O)c1ccccc1. The van der Waals surface area contributed by atoms with E-state index < -0.39 is 0 Å². The predicted octanol–water partition coefficient (Wildman–Crippen LogP) is 1.66. The number of nitrogens with zero attached hydrogens (tertiary/aromatic N) is 1. The Bertz CT molecular complexity index is 360. The van der Waals surface area contributed by atoms with E-state index in [-0.39, 0.29) is 11.9 Å². The maximum absolute atomic E-state index is 11.6. The van der Waals surface area contributed by atoms with Gasteiger partial charge in [-0.15, -0.1) is 0 Å². The van der Waals surface area contributed by atoms with E-state index >= 15 is 0 Å². The zero-order valence-corrected chi connectivity index (χ0v) is 8.77. The Morgan fingerprint density at radius 2 is 2.00 bits per heavy atom. The summed E-state index contributed by atoms with van der Waals surface area (Å²) >= 11 is 0. The highest BCUT2D eigenvalue weighted by Crippen LogP contribution is 1.99. The summed E-state index contributed by atoms with van der Waals surface area (Å²) in [5.41, 5.74) is 1.06. The highest BCUT2D eigenvalue weighted by molar-refractivity contribution is 5.98. The number of hydrogen-bond acceptors (Lipinski definition) is 3. The summed E-state index contributed by atoms with van der Waals surface area (Å²) in [6.07, 6.45) is 0. The van der Waals surface area contributed by atoms with Crippen molar-refractivity contribution in [2.24, 2.45) is 5.16 Å². The molecule has 1 amide bonds. The molecule has 1 unspecified atom stereocenters. The van der Waals surface area contributed by atoms with Gasteiger partial charge in [0.05, 0.1) is 11.8 Å². The van der Waals surface area contributed by atoms with Crippen molar-refractivity contribution < 1.29 is 10.0 Å². The Morgan fingerprint density at radius 1 is 1.40 bits per heavy atom. The maximum Gasteiger partial charge on any atom is 0.251 e. The van der Waals surface area contributed by atoms with Gasteiger partial charge in [0, 0.05) is 5.56 Å². The van der Waals surface area contributed by atoms with Crippen molar-refractivity contribution in [2.75, 3.05) is 0 Å². The molecule has 0 aliphatic carbocycles. The Hall–Kier alpha value is -1.84. The molecule has 0 fully saturated rings. The number of rotatable bonds is 3. The summed E-state index contributed by atoms with van der Waals surface area (Å²) in [6, 6.07) is 8.63. The van der Waals surface area contributed by atoms with Gasteiger partial charge in [0.25, 0.3) is 5.91 Å². The van der Waals surface area contributed by atoms with Gasteiger partial charge in [0.15, 0.2) is 0 Å². The molecule has 0 radical (unpaired) electrons. The van der Waals surface area contributed by atoms with Crippen LogP contribution in [0.2, 0.25) is 0 Å². The summed E-state index contributed by atoms with van der Waals surface area (Å²) in [4.78, 5) is 11.6. The number of carbonyl (C=O) groups is 1. The molecule has 0 aliphatic rings. The Balaban J connectivity index is 2.65. The fourth-order valence-electron chi connectivity index (χ4n) is 1.06. The van der Waals surface area contributed by atoms with Gasteiger partial charge in [-0.3, -0.25) is 4.79 Å². The van der Waals surface area contributed by atoms with Gasteiger partial charge >= 0.3 is 0 Å². The van der Waals surface area contributed by atoms with E-state index in [0.29, 0.717) is 11.3 Å². The summed E-state index contributed by atoms with van der Waals surface area (Å²) < 4.78 is 0. The minimum Gasteiger partial charge on any atom is -0.411 e. The van der Waals surface area contributed by atoms with E-state index in [9.17, 15) is 4.79 Å². The van der Waals surface area contributed by atoms with Gasteiger partial charge in [-0.1, -0.05) is 23.4 Å². The zero-order valence-electron chi connectivity index (χ0n) is 8.77. The molecule has 4 nitrogen and oxygen atoms in total. The van der Waals surface area contributed by atoms with Crippen LogP contribution < -0.4 is 5.32 Å². The number of nitrogens with one attached hydrogen (secondary N) is 1. The molecule has 1 aromatic rings. The molecule has 15 heavy (non-hydrogen) atoms. The molecule has 0 saturated carbocycles. The van der Waals surface area contributed by atoms with E-state index in [1.54, 1.807) is 38.1 Å². The third-order valence-corrected chi connectivity index (χ3v) is 2.17. The summed E-state index contributed by atoms with van der Waals surface area (Å²) in [6.45, 7) is 3.41. The quantitative estimate of drug-likeness (QED) is 0.449. The molecule has 0 bridgehead atoms. The van der Waals surface area contributed by atoms with Crippen molar-refractivity contribution in [3.63, 3.8) is 0 Å². The lowest BCUT2D eigenvalue weighted by atomic mass is 10.2. The van der Waals surface area contributed by atoms with Crippen LogP contribution in [-0.4, -0.2) is 22.9 Å². The van der Waals surface area contributed by atoms with Gasteiger partial charge in [0.1, 0.15) is 0 Å². The van der Waals surface area contributed by atoms with Gasteiger partial charge < -0.3 is 10.5 Å². The molecule has 1 rings (SSSR count). The molecule has 0 aromatic heterocycles. The first-order chi connectivity index (χ1) is 7.15. The van der Waals surface area contributed by atoms with Crippen LogP contribution in [0.3, 0.4) is 0 Å².